The van der Waals surface area contributed by atoms with E-state index >= 15 is 0 Å². The molecule has 0 aliphatic carbocycles. The third-order valence-corrected chi connectivity index (χ3v) is 4.25. The average molecular weight is 365 g/mol. The van der Waals surface area contributed by atoms with E-state index < -0.39 is 11.9 Å². The van der Waals surface area contributed by atoms with Gasteiger partial charge in [0.2, 0.25) is 0 Å². The zero-order valence-corrected chi connectivity index (χ0v) is 13.9. The predicted molar refractivity (Wildman–Crippen MR) is 87.0 cm³/mol. The summed E-state index contributed by atoms with van der Waals surface area (Å²) in [4.78, 5) is 17.8. The van der Waals surface area contributed by atoms with Gasteiger partial charge in [0.15, 0.2) is 0 Å². The summed E-state index contributed by atoms with van der Waals surface area (Å²) in [6.45, 7) is 1.72. The van der Waals surface area contributed by atoms with Crippen molar-refractivity contribution in [2.45, 2.75) is 31.6 Å². The molecule has 0 aromatic carbocycles. The van der Waals surface area contributed by atoms with Gasteiger partial charge >= 0.3 is 6.18 Å². The van der Waals surface area contributed by atoms with Crippen LogP contribution in [0.4, 0.5) is 13.2 Å². The van der Waals surface area contributed by atoms with Crippen LogP contribution in [0.15, 0.2) is 36.7 Å². The van der Waals surface area contributed by atoms with Gasteiger partial charge < -0.3 is 5.32 Å². The quantitative estimate of drug-likeness (QED) is 0.900. The molecule has 26 heavy (non-hydrogen) atoms. The zero-order valence-electron chi connectivity index (χ0n) is 13.9. The van der Waals surface area contributed by atoms with Gasteiger partial charge in [0, 0.05) is 25.7 Å². The van der Waals surface area contributed by atoms with Crippen LogP contribution >= 0.6 is 0 Å². The minimum absolute atomic E-state index is 0.0291. The zero-order chi connectivity index (χ0) is 18.6. The van der Waals surface area contributed by atoms with Gasteiger partial charge in [-0.25, -0.2) is 4.98 Å². The fourth-order valence-corrected chi connectivity index (χ4v) is 2.88. The van der Waals surface area contributed by atoms with Crippen LogP contribution in [-0.2, 0) is 12.7 Å². The molecule has 1 fully saturated rings. The molecule has 0 spiro atoms. The number of piperidine rings is 1. The van der Waals surface area contributed by atoms with Crippen molar-refractivity contribution in [2.75, 3.05) is 13.1 Å². The van der Waals surface area contributed by atoms with Crippen molar-refractivity contribution in [1.82, 2.24) is 25.4 Å². The van der Waals surface area contributed by atoms with Crippen molar-refractivity contribution in [1.29, 1.82) is 0 Å². The van der Waals surface area contributed by atoms with Crippen molar-refractivity contribution in [3.63, 3.8) is 0 Å². The summed E-state index contributed by atoms with van der Waals surface area (Å²) < 4.78 is 38.2. The number of hydrogen-bond acceptors (Lipinski definition) is 5. The Balaban J connectivity index is 1.51. The number of alkyl halides is 3. The lowest BCUT2D eigenvalue weighted by atomic mass is 10.0. The largest absolute Gasteiger partial charge is 0.433 e. The number of amides is 1. The first-order valence-corrected chi connectivity index (χ1v) is 8.25. The van der Waals surface area contributed by atoms with E-state index in [1.807, 2.05) is 4.90 Å². The summed E-state index contributed by atoms with van der Waals surface area (Å²) in [7, 11) is 0. The highest BCUT2D eigenvalue weighted by Crippen LogP contribution is 2.27. The van der Waals surface area contributed by atoms with Crippen molar-refractivity contribution >= 4 is 5.91 Å². The Labute approximate surface area is 148 Å². The molecular weight excluding hydrogens is 347 g/mol. The second kappa shape index (κ2) is 7.77. The molecule has 0 saturated carbocycles. The summed E-state index contributed by atoms with van der Waals surface area (Å²) in [6, 6.07) is 5.57. The molecule has 1 amide bonds. The fourth-order valence-electron chi connectivity index (χ4n) is 2.88. The molecule has 138 valence electrons. The molecule has 1 aliphatic heterocycles. The number of halogens is 3. The summed E-state index contributed by atoms with van der Waals surface area (Å²) in [5.41, 5.74) is -0.0242. The SMILES string of the molecule is O=C(NC1CCN(Cc2cccc(C(F)(F)F)n2)CC1)c1ccnnc1. The number of carbonyl (C=O) groups excluding carboxylic acids is 1. The van der Waals surface area contributed by atoms with Crippen molar-refractivity contribution in [3.8, 4) is 0 Å². The second-order valence-electron chi connectivity index (χ2n) is 6.17. The number of pyridine rings is 1. The number of carbonyl (C=O) groups is 1. The Morgan fingerprint density at radius 2 is 1.96 bits per heavy atom. The van der Waals surface area contributed by atoms with Crippen molar-refractivity contribution in [3.05, 3.63) is 53.6 Å². The summed E-state index contributed by atoms with van der Waals surface area (Å²) in [6.07, 6.45) is -0.120. The van der Waals surface area contributed by atoms with E-state index in [1.165, 1.54) is 18.5 Å². The maximum atomic E-state index is 12.7. The maximum absolute atomic E-state index is 12.7. The second-order valence-corrected chi connectivity index (χ2v) is 6.17. The normalized spacial score (nSPS) is 16.4. The number of nitrogens with zero attached hydrogens (tertiary/aromatic N) is 4. The van der Waals surface area contributed by atoms with Crippen LogP contribution in [0, 0.1) is 0 Å². The predicted octanol–water partition coefficient (Wildman–Crippen LogP) is 2.28. The molecule has 0 atom stereocenters. The molecule has 1 aliphatic rings. The minimum atomic E-state index is -4.44. The number of rotatable bonds is 4. The van der Waals surface area contributed by atoms with Gasteiger partial charge in [0.25, 0.3) is 5.91 Å². The lowest BCUT2D eigenvalue weighted by molar-refractivity contribution is -0.141. The van der Waals surface area contributed by atoms with Crippen LogP contribution in [-0.4, -0.2) is 45.1 Å². The van der Waals surface area contributed by atoms with Crippen LogP contribution in [0.1, 0.15) is 34.6 Å². The molecule has 6 nitrogen and oxygen atoms in total. The van der Waals surface area contributed by atoms with Crippen LogP contribution in [0.3, 0.4) is 0 Å². The molecule has 0 radical (unpaired) electrons. The standard InChI is InChI=1S/C17H18F3N5O/c18-17(19,20)15-3-1-2-14(23-15)11-25-8-5-13(6-9-25)24-16(26)12-4-7-21-22-10-12/h1-4,7,10,13H,5-6,8-9,11H2,(H,24,26). The molecule has 2 aromatic heterocycles. The van der Waals surface area contributed by atoms with E-state index in [0.717, 1.165) is 18.9 Å². The molecule has 1 saturated heterocycles. The van der Waals surface area contributed by atoms with Gasteiger partial charge in [-0.3, -0.25) is 9.69 Å². The van der Waals surface area contributed by atoms with E-state index in [2.05, 4.69) is 20.5 Å². The van der Waals surface area contributed by atoms with E-state index in [1.54, 1.807) is 12.1 Å². The highest BCUT2D eigenvalue weighted by atomic mass is 19.4. The first-order valence-electron chi connectivity index (χ1n) is 8.25. The summed E-state index contributed by atoms with van der Waals surface area (Å²) in [5.74, 6) is -0.196. The number of hydrogen-bond donors (Lipinski definition) is 1. The molecule has 0 bridgehead atoms. The van der Waals surface area contributed by atoms with Gasteiger partial charge in [0.05, 0.1) is 23.7 Å². The lowest BCUT2D eigenvalue weighted by Gasteiger charge is -2.32. The van der Waals surface area contributed by atoms with Crippen LogP contribution in [0.25, 0.3) is 0 Å². The average Bonchev–Trinajstić information content (AvgIpc) is 2.63. The Bertz CT molecular complexity index is 746. The Morgan fingerprint density at radius 3 is 2.62 bits per heavy atom. The highest BCUT2D eigenvalue weighted by Gasteiger charge is 2.32. The van der Waals surface area contributed by atoms with Gasteiger partial charge in [-0.1, -0.05) is 6.07 Å². The highest BCUT2D eigenvalue weighted by molar-refractivity contribution is 5.93. The van der Waals surface area contributed by atoms with Gasteiger partial charge in [0.1, 0.15) is 5.69 Å². The molecule has 1 N–H and O–H groups in total. The summed E-state index contributed by atoms with van der Waals surface area (Å²) >= 11 is 0. The van der Waals surface area contributed by atoms with E-state index in [0.29, 0.717) is 30.9 Å². The number of aromatic nitrogens is 3. The monoisotopic (exact) mass is 365 g/mol. The van der Waals surface area contributed by atoms with E-state index in [9.17, 15) is 18.0 Å². The van der Waals surface area contributed by atoms with Crippen molar-refractivity contribution in [2.24, 2.45) is 0 Å². The molecular formula is C17H18F3N5O. The van der Waals surface area contributed by atoms with Gasteiger partial charge in [-0.2, -0.15) is 23.4 Å². The Hall–Kier alpha value is -2.55. The number of nitrogens with one attached hydrogen (secondary N) is 1. The Kier molecular flexibility index (Phi) is 5.46. The smallest absolute Gasteiger partial charge is 0.349 e. The topological polar surface area (TPSA) is 71.0 Å². The minimum Gasteiger partial charge on any atom is -0.349 e. The molecule has 0 unspecified atom stereocenters. The van der Waals surface area contributed by atoms with Gasteiger partial charge in [-0.05, 0) is 31.0 Å². The van der Waals surface area contributed by atoms with Crippen molar-refractivity contribution < 1.29 is 18.0 Å². The third kappa shape index (κ3) is 4.75. The molecule has 2 aromatic rings. The number of likely N-dealkylation sites (tertiary alicyclic amines) is 1. The molecule has 3 rings (SSSR count). The third-order valence-electron chi connectivity index (χ3n) is 4.25. The van der Waals surface area contributed by atoms with Gasteiger partial charge in [-0.15, -0.1) is 0 Å². The molecule has 3 heterocycles. The van der Waals surface area contributed by atoms with E-state index in [4.69, 9.17) is 0 Å². The Morgan fingerprint density at radius 1 is 1.19 bits per heavy atom. The first kappa shape index (κ1) is 18.2. The van der Waals surface area contributed by atoms with E-state index in [-0.39, 0.29) is 11.9 Å². The fraction of sp³-hybridized carbons (Fsp3) is 0.412. The summed E-state index contributed by atoms with van der Waals surface area (Å²) in [5, 5.41) is 10.3. The first-order chi connectivity index (χ1) is 12.4. The maximum Gasteiger partial charge on any atom is 0.433 e. The van der Waals surface area contributed by atoms with Crippen LogP contribution in [0.2, 0.25) is 0 Å². The van der Waals surface area contributed by atoms with Crippen LogP contribution in [0.5, 0.6) is 0 Å². The molecule has 9 heteroatoms. The lowest BCUT2D eigenvalue weighted by Crippen LogP contribution is -2.44. The van der Waals surface area contributed by atoms with Crippen LogP contribution < -0.4 is 5.32 Å².